The lowest BCUT2D eigenvalue weighted by Gasteiger charge is -2.10. The summed E-state index contributed by atoms with van der Waals surface area (Å²) < 4.78 is 30.5. The fraction of sp³-hybridized carbons (Fsp3) is 0.0833. The molecule has 154 valence electrons. The summed E-state index contributed by atoms with van der Waals surface area (Å²) in [5.74, 6) is -0.742. The van der Waals surface area contributed by atoms with Crippen molar-refractivity contribution < 1.29 is 8.78 Å². The minimum Gasteiger partial charge on any atom is -0.330 e. The van der Waals surface area contributed by atoms with Crippen LogP contribution in [-0.4, -0.2) is 14.1 Å². The van der Waals surface area contributed by atoms with Gasteiger partial charge in [-0.25, -0.2) is 13.8 Å². The molecule has 31 heavy (non-hydrogen) atoms. The highest BCUT2D eigenvalue weighted by Gasteiger charge is 2.18. The molecule has 4 nitrogen and oxygen atoms in total. The first kappa shape index (κ1) is 19.5. The monoisotopic (exact) mass is 435 g/mol. The highest BCUT2D eigenvalue weighted by atomic mass is 35.5. The molecule has 0 bridgehead atoms. The third kappa shape index (κ3) is 3.49. The smallest absolute Gasteiger partial charge is 0.278 e. The van der Waals surface area contributed by atoms with Crippen LogP contribution in [0.1, 0.15) is 11.1 Å². The molecule has 0 unspecified atom stereocenters. The number of benzene rings is 3. The van der Waals surface area contributed by atoms with Crippen molar-refractivity contribution in [2.45, 2.75) is 13.1 Å². The Kier molecular flexibility index (Phi) is 4.79. The Labute approximate surface area is 181 Å². The Morgan fingerprint density at radius 3 is 2.42 bits per heavy atom. The molecular weight excluding hydrogens is 420 g/mol. The fourth-order valence-electron chi connectivity index (χ4n) is 3.83. The molecule has 5 aromatic rings. The molecule has 7 heteroatoms. The van der Waals surface area contributed by atoms with E-state index in [1.54, 1.807) is 24.3 Å². The zero-order valence-electron chi connectivity index (χ0n) is 16.2. The number of nitrogens with zero attached hydrogens (tertiary/aromatic N) is 3. The summed E-state index contributed by atoms with van der Waals surface area (Å²) in [5, 5.41) is 1.14. The van der Waals surface area contributed by atoms with Gasteiger partial charge in [0.15, 0.2) is 0 Å². The summed E-state index contributed by atoms with van der Waals surface area (Å²) in [6.07, 6.45) is 1.44. The minimum absolute atomic E-state index is 0.240. The van der Waals surface area contributed by atoms with E-state index in [9.17, 15) is 13.6 Å². The van der Waals surface area contributed by atoms with E-state index in [1.807, 2.05) is 22.8 Å². The fourth-order valence-corrected chi connectivity index (χ4v) is 4.03. The van der Waals surface area contributed by atoms with Gasteiger partial charge in [0.1, 0.15) is 22.7 Å². The van der Waals surface area contributed by atoms with Gasteiger partial charge in [0.2, 0.25) is 0 Å². The normalized spacial score (nSPS) is 11.5. The summed E-state index contributed by atoms with van der Waals surface area (Å²) in [6.45, 7) is 0.576. The van der Waals surface area contributed by atoms with E-state index in [-0.39, 0.29) is 17.9 Å². The van der Waals surface area contributed by atoms with Gasteiger partial charge < -0.3 is 4.57 Å². The van der Waals surface area contributed by atoms with E-state index in [0.717, 1.165) is 11.1 Å². The van der Waals surface area contributed by atoms with Crippen molar-refractivity contribution in [2.24, 2.45) is 0 Å². The molecule has 2 heterocycles. The zero-order chi connectivity index (χ0) is 21.5. The Hall–Kier alpha value is -3.51. The van der Waals surface area contributed by atoms with Crippen LogP contribution in [0.25, 0.3) is 21.9 Å². The van der Waals surface area contributed by atoms with Gasteiger partial charge in [-0.05, 0) is 47.5 Å². The van der Waals surface area contributed by atoms with Gasteiger partial charge in [0, 0.05) is 17.0 Å². The molecule has 5 rings (SSSR count). The Bertz CT molecular complexity index is 1490. The number of hydrogen-bond acceptors (Lipinski definition) is 2. The van der Waals surface area contributed by atoms with Gasteiger partial charge in [-0.2, -0.15) is 0 Å². The van der Waals surface area contributed by atoms with Crippen LogP contribution in [0.5, 0.6) is 0 Å². The Morgan fingerprint density at radius 1 is 0.903 bits per heavy atom. The summed E-state index contributed by atoms with van der Waals surface area (Å²) in [6, 6.07) is 17.7. The summed E-state index contributed by atoms with van der Waals surface area (Å²) in [7, 11) is 0. The van der Waals surface area contributed by atoms with Crippen LogP contribution in [-0.2, 0) is 13.1 Å². The summed E-state index contributed by atoms with van der Waals surface area (Å²) in [4.78, 5) is 17.9. The molecule has 0 aliphatic rings. The van der Waals surface area contributed by atoms with Crippen LogP contribution >= 0.6 is 11.6 Å². The predicted molar refractivity (Wildman–Crippen MR) is 118 cm³/mol. The van der Waals surface area contributed by atoms with Gasteiger partial charge in [-0.1, -0.05) is 41.9 Å². The maximum Gasteiger partial charge on any atom is 0.278 e. The quantitative estimate of drug-likeness (QED) is 0.380. The second kappa shape index (κ2) is 7.63. The van der Waals surface area contributed by atoms with Crippen LogP contribution in [0.15, 0.2) is 77.9 Å². The second-order valence-corrected chi connectivity index (χ2v) is 7.75. The second-order valence-electron chi connectivity index (χ2n) is 7.34. The molecule has 2 aromatic heterocycles. The number of halogens is 3. The van der Waals surface area contributed by atoms with E-state index in [2.05, 4.69) is 4.98 Å². The van der Waals surface area contributed by atoms with E-state index in [4.69, 9.17) is 11.6 Å². The predicted octanol–water partition coefficient (Wildman–Crippen LogP) is 5.38. The first-order valence-electron chi connectivity index (χ1n) is 9.66. The summed E-state index contributed by atoms with van der Waals surface area (Å²) >= 11 is 6.36. The van der Waals surface area contributed by atoms with Crippen LogP contribution in [0.4, 0.5) is 8.78 Å². The van der Waals surface area contributed by atoms with Crippen molar-refractivity contribution in [3.05, 3.63) is 111 Å². The largest absolute Gasteiger partial charge is 0.330 e. The molecule has 0 fully saturated rings. The molecule has 0 amide bonds. The van der Waals surface area contributed by atoms with Gasteiger partial charge in [-0.15, -0.1) is 0 Å². The molecule has 0 saturated carbocycles. The van der Waals surface area contributed by atoms with Crippen molar-refractivity contribution in [1.29, 1.82) is 0 Å². The molecule has 0 radical (unpaired) electrons. The molecule has 0 spiro atoms. The highest BCUT2D eigenvalue weighted by molar-refractivity contribution is 6.31. The van der Waals surface area contributed by atoms with Crippen molar-refractivity contribution in [1.82, 2.24) is 14.1 Å². The lowest BCUT2D eigenvalue weighted by atomic mass is 10.2. The molecule has 0 N–H and O–H groups in total. The standard InChI is InChI=1S/C24H16ClF2N3O/c25-20-4-2-1-3-16(20)13-30-21-10-9-18(27)11-19(21)22-23(30)24(31)29(14-28-22)12-15-5-7-17(26)8-6-15/h1-11,14H,12-13H2. The van der Waals surface area contributed by atoms with E-state index < -0.39 is 5.82 Å². The number of hydrogen-bond donors (Lipinski definition) is 0. The van der Waals surface area contributed by atoms with Crippen LogP contribution < -0.4 is 5.56 Å². The first-order valence-corrected chi connectivity index (χ1v) is 10.0. The van der Waals surface area contributed by atoms with Gasteiger partial charge >= 0.3 is 0 Å². The molecule has 3 aromatic carbocycles. The van der Waals surface area contributed by atoms with Gasteiger partial charge in [-0.3, -0.25) is 9.36 Å². The van der Waals surface area contributed by atoms with E-state index in [1.165, 1.54) is 35.2 Å². The third-order valence-corrected chi connectivity index (χ3v) is 5.71. The van der Waals surface area contributed by atoms with Gasteiger partial charge in [0.25, 0.3) is 5.56 Å². The maximum absolute atomic E-state index is 14.0. The lowest BCUT2D eigenvalue weighted by Crippen LogP contribution is -2.23. The van der Waals surface area contributed by atoms with Crippen LogP contribution in [0, 0.1) is 11.6 Å². The zero-order valence-corrected chi connectivity index (χ0v) is 17.0. The van der Waals surface area contributed by atoms with Gasteiger partial charge in [0.05, 0.1) is 18.4 Å². The average Bonchev–Trinajstić information content (AvgIpc) is 3.06. The molecule has 0 atom stereocenters. The van der Waals surface area contributed by atoms with Crippen LogP contribution in [0.3, 0.4) is 0 Å². The number of rotatable bonds is 4. The van der Waals surface area contributed by atoms with E-state index in [0.29, 0.717) is 33.5 Å². The van der Waals surface area contributed by atoms with Crippen molar-refractivity contribution in [3.8, 4) is 0 Å². The van der Waals surface area contributed by atoms with Crippen LogP contribution in [0.2, 0.25) is 5.02 Å². The minimum atomic E-state index is -0.401. The lowest BCUT2D eigenvalue weighted by molar-refractivity contribution is 0.626. The first-order chi connectivity index (χ1) is 15.0. The van der Waals surface area contributed by atoms with Crippen molar-refractivity contribution >= 4 is 33.5 Å². The average molecular weight is 436 g/mol. The number of aromatic nitrogens is 3. The molecule has 0 aliphatic heterocycles. The number of fused-ring (bicyclic) bond motifs is 3. The molecular formula is C24H16ClF2N3O. The maximum atomic E-state index is 14.0. The van der Waals surface area contributed by atoms with Crippen molar-refractivity contribution in [2.75, 3.05) is 0 Å². The highest BCUT2D eigenvalue weighted by Crippen LogP contribution is 2.28. The topological polar surface area (TPSA) is 39.8 Å². The molecule has 0 saturated heterocycles. The Morgan fingerprint density at radius 2 is 1.65 bits per heavy atom. The van der Waals surface area contributed by atoms with Crippen molar-refractivity contribution in [3.63, 3.8) is 0 Å². The molecule has 0 aliphatic carbocycles. The summed E-state index contributed by atoms with van der Waals surface area (Å²) in [5.41, 5.74) is 2.83. The third-order valence-electron chi connectivity index (χ3n) is 5.34. The SMILES string of the molecule is O=c1c2c(ncn1Cc1ccc(F)cc1)c1cc(F)ccc1n2Cc1ccccc1Cl. The van der Waals surface area contributed by atoms with E-state index >= 15 is 0 Å². The Balaban J connectivity index is 1.73.